The largest absolute Gasteiger partial charge is 0.447 e. The Morgan fingerprint density at radius 3 is 2.25 bits per heavy atom. The predicted octanol–water partition coefficient (Wildman–Crippen LogP) is 6.76. The van der Waals surface area contributed by atoms with Crippen LogP contribution in [0.5, 0.6) is 11.5 Å². The number of nitrogens with one attached hydrogen (secondary N) is 1. The summed E-state index contributed by atoms with van der Waals surface area (Å²) in [4.78, 5) is 33.3. The fourth-order valence-corrected chi connectivity index (χ4v) is 3.76. The number of nitro benzene ring substituents is 2. The molecule has 0 aromatic heterocycles. The molecule has 0 spiro atoms. The highest BCUT2D eigenvalue weighted by molar-refractivity contribution is 6.37. The molecule has 3 aromatic carbocycles. The van der Waals surface area contributed by atoms with Gasteiger partial charge in [-0.3, -0.25) is 25.0 Å². The van der Waals surface area contributed by atoms with E-state index in [4.69, 9.17) is 27.9 Å². The molecule has 0 bridgehead atoms. The number of nitrogens with zero attached hydrogens (tertiary/aromatic N) is 3. The van der Waals surface area contributed by atoms with Gasteiger partial charge in [-0.1, -0.05) is 40.9 Å². The van der Waals surface area contributed by atoms with E-state index < -0.39 is 27.1 Å². The van der Waals surface area contributed by atoms with E-state index in [9.17, 15) is 30.3 Å². The normalized spacial score (nSPS) is 10.9. The van der Waals surface area contributed by atoms with Gasteiger partial charge in [-0.2, -0.15) is 5.26 Å². The van der Waals surface area contributed by atoms with Crippen LogP contribution in [-0.2, 0) is 4.79 Å². The zero-order chi connectivity index (χ0) is 26.6. The first-order valence-electron chi connectivity index (χ1n) is 10.1. The lowest BCUT2D eigenvalue weighted by Crippen LogP contribution is -2.14. The number of rotatable bonds is 7. The Morgan fingerprint density at radius 2 is 1.69 bits per heavy atom. The van der Waals surface area contributed by atoms with E-state index in [0.717, 1.165) is 29.3 Å². The molecule has 3 rings (SSSR count). The van der Waals surface area contributed by atoms with Gasteiger partial charge < -0.3 is 10.1 Å². The molecule has 0 aliphatic rings. The van der Waals surface area contributed by atoms with Gasteiger partial charge in [0.25, 0.3) is 11.6 Å². The third kappa shape index (κ3) is 5.96. The monoisotopic (exact) mass is 526 g/mol. The lowest BCUT2D eigenvalue weighted by molar-refractivity contribution is -0.394. The van der Waals surface area contributed by atoms with Gasteiger partial charge in [0, 0.05) is 11.8 Å². The molecule has 3 aromatic rings. The third-order valence-corrected chi connectivity index (χ3v) is 5.45. The molecule has 0 atom stereocenters. The topological polar surface area (TPSA) is 148 Å². The standard InChI is InChI=1S/C24H16Cl2N4O6/c1-13-3-5-20(14(2)7-13)28-24(31)16(12-27)8-15-9-18(25)23(19(26)10-15)36-22-6-4-17(29(32)33)11-21(22)30(34)35/h3-11H,1-2H3,(H,28,31)/b16-8+. The number of hydrogen-bond acceptors (Lipinski definition) is 7. The predicted molar refractivity (Wildman–Crippen MR) is 134 cm³/mol. The van der Waals surface area contributed by atoms with Crippen LogP contribution < -0.4 is 10.1 Å². The summed E-state index contributed by atoms with van der Waals surface area (Å²) in [7, 11) is 0. The van der Waals surface area contributed by atoms with Gasteiger partial charge >= 0.3 is 5.69 Å². The second kappa shape index (κ2) is 10.9. The van der Waals surface area contributed by atoms with Gasteiger partial charge in [0.05, 0.1) is 26.0 Å². The molecule has 0 fully saturated rings. The number of non-ortho nitro benzene ring substituents is 1. The van der Waals surface area contributed by atoms with Crippen LogP contribution in [-0.4, -0.2) is 15.8 Å². The van der Waals surface area contributed by atoms with Crippen molar-refractivity contribution < 1.29 is 19.4 Å². The highest BCUT2D eigenvalue weighted by atomic mass is 35.5. The van der Waals surface area contributed by atoms with Crippen molar-refractivity contribution >= 4 is 52.2 Å². The molecule has 182 valence electrons. The highest BCUT2D eigenvalue weighted by Crippen LogP contribution is 2.41. The maximum Gasteiger partial charge on any atom is 0.318 e. The fourth-order valence-electron chi connectivity index (χ4n) is 3.18. The zero-order valence-corrected chi connectivity index (χ0v) is 20.3. The number of ether oxygens (including phenoxy) is 1. The Balaban J connectivity index is 1.90. The number of nitriles is 1. The number of benzene rings is 3. The highest BCUT2D eigenvalue weighted by Gasteiger charge is 2.23. The van der Waals surface area contributed by atoms with Gasteiger partial charge in [-0.15, -0.1) is 0 Å². The van der Waals surface area contributed by atoms with Crippen molar-refractivity contribution in [3.05, 3.63) is 101 Å². The second-order valence-electron chi connectivity index (χ2n) is 7.52. The minimum absolute atomic E-state index is 0.0755. The summed E-state index contributed by atoms with van der Waals surface area (Å²) in [5.74, 6) is -1.10. The van der Waals surface area contributed by atoms with Gasteiger partial charge in [0.1, 0.15) is 11.6 Å². The molecule has 0 aliphatic carbocycles. The summed E-state index contributed by atoms with van der Waals surface area (Å²) in [6.45, 7) is 3.74. The van der Waals surface area contributed by atoms with Crippen LogP contribution in [0.2, 0.25) is 10.0 Å². The Hall–Kier alpha value is -4.46. The summed E-state index contributed by atoms with van der Waals surface area (Å²) in [6, 6.07) is 12.8. The van der Waals surface area contributed by atoms with Gasteiger partial charge in [0.15, 0.2) is 5.75 Å². The molecule has 12 heteroatoms. The van der Waals surface area contributed by atoms with Crippen LogP contribution in [0.4, 0.5) is 17.1 Å². The van der Waals surface area contributed by atoms with Crippen molar-refractivity contribution in [2.45, 2.75) is 13.8 Å². The number of amides is 1. The summed E-state index contributed by atoms with van der Waals surface area (Å²) >= 11 is 12.5. The van der Waals surface area contributed by atoms with Crippen molar-refractivity contribution in [2.24, 2.45) is 0 Å². The minimum Gasteiger partial charge on any atom is -0.447 e. The summed E-state index contributed by atoms with van der Waals surface area (Å²) in [6.07, 6.45) is 1.27. The van der Waals surface area contributed by atoms with Crippen molar-refractivity contribution in [3.63, 3.8) is 0 Å². The van der Waals surface area contributed by atoms with Crippen LogP contribution in [0.15, 0.2) is 54.1 Å². The molecule has 0 unspecified atom stereocenters. The first-order valence-corrected chi connectivity index (χ1v) is 10.9. The van der Waals surface area contributed by atoms with E-state index in [1.807, 2.05) is 32.0 Å². The summed E-state index contributed by atoms with van der Waals surface area (Å²) in [5.41, 5.74) is 1.33. The fraction of sp³-hybridized carbons (Fsp3) is 0.0833. The molecular weight excluding hydrogens is 511 g/mol. The molecule has 0 heterocycles. The smallest absolute Gasteiger partial charge is 0.318 e. The first kappa shape index (κ1) is 26.2. The van der Waals surface area contributed by atoms with Crippen molar-refractivity contribution in [1.82, 2.24) is 0 Å². The molecule has 0 aliphatic heterocycles. The van der Waals surface area contributed by atoms with Crippen LogP contribution in [0.3, 0.4) is 0 Å². The van der Waals surface area contributed by atoms with E-state index in [2.05, 4.69) is 5.32 Å². The molecular formula is C24H16Cl2N4O6. The Bertz CT molecular complexity index is 1460. The molecule has 1 amide bonds. The lowest BCUT2D eigenvalue weighted by atomic mass is 10.1. The van der Waals surface area contributed by atoms with E-state index in [0.29, 0.717) is 11.3 Å². The average Bonchev–Trinajstić information content (AvgIpc) is 2.81. The third-order valence-electron chi connectivity index (χ3n) is 4.89. The molecule has 0 saturated carbocycles. The number of hydrogen-bond donors (Lipinski definition) is 1. The maximum atomic E-state index is 12.6. The quantitative estimate of drug-likeness (QED) is 0.154. The van der Waals surface area contributed by atoms with Crippen LogP contribution >= 0.6 is 23.2 Å². The van der Waals surface area contributed by atoms with Crippen molar-refractivity contribution in [1.29, 1.82) is 5.26 Å². The second-order valence-corrected chi connectivity index (χ2v) is 8.34. The summed E-state index contributed by atoms with van der Waals surface area (Å²) < 4.78 is 5.51. The SMILES string of the molecule is Cc1ccc(NC(=O)/C(C#N)=C/c2cc(Cl)c(Oc3ccc([N+](=O)[O-])cc3[N+](=O)[O-])c(Cl)c2)c(C)c1. The maximum absolute atomic E-state index is 12.6. The molecule has 36 heavy (non-hydrogen) atoms. The Labute approximate surface area is 214 Å². The number of aryl methyl sites for hydroxylation is 2. The van der Waals surface area contributed by atoms with E-state index in [1.54, 1.807) is 6.07 Å². The van der Waals surface area contributed by atoms with E-state index in [1.165, 1.54) is 18.2 Å². The van der Waals surface area contributed by atoms with E-state index in [-0.39, 0.29) is 27.1 Å². The van der Waals surface area contributed by atoms with Gasteiger partial charge in [0.2, 0.25) is 5.75 Å². The number of carbonyl (C=O) groups is 1. The Kier molecular flexibility index (Phi) is 7.89. The zero-order valence-electron chi connectivity index (χ0n) is 18.7. The molecule has 0 saturated heterocycles. The average molecular weight is 527 g/mol. The number of anilines is 1. The first-order chi connectivity index (χ1) is 17.0. The molecule has 1 N–H and O–H groups in total. The van der Waals surface area contributed by atoms with Gasteiger partial charge in [-0.25, -0.2) is 0 Å². The minimum atomic E-state index is -0.838. The van der Waals surface area contributed by atoms with E-state index >= 15 is 0 Å². The van der Waals surface area contributed by atoms with Crippen LogP contribution in [0.25, 0.3) is 6.08 Å². The Morgan fingerprint density at radius 1 is 1.03 bits per heavy atom. The molecule has 10 nitrogen and oxygen atoms in total. The molecule has 0 radical (unpaired) electrons. The number of carbonyl (C=O) groups excluding carboxylic acids is 1. The number of halogens is 2. The van der Waals surface area contributed by atoms with Gasteiger partial charge in [-0.05, 0) is 55.3 Å². The lowest BCUT2D eigenvalue weighted by Gasteiger charge is -2.11. The van der Waals surface area contributed by atoms with Crippen LogP contribution in [0.1, 0.15) is 16.7 Å². The van der Waals surface area contributed by atoms with Crippen LogP contribution in [0, 0.1) is 45.4 Å². The van der Waals surface area contributed by atoms with Crippen molar-refractivity contribution in [2.75, 3.05) is 5.32 Å². The van der Waals surface area contributed by atoms with Crippen molar-refractivity contribution in [3.8, 4) is 17.6 Å². The summed E-state index contributed by atoms with van der Waals surface area (Å²) in [5, 5.41) is 34.3. The number of nitro groups is 2.